The van der Waals surface area contributed by atoms with E-state index < -0.39 is 0 Å². The third-order valence-corrected chi connectivity index (χ3v) is 5.31. The zero-order chi connectivity index (χ0) is 19.3. The molecule has 1 saturated heterocycles. The Hall–Kier alpha value is -2.77. The minimum atomic E-state index is 0.0123. The zero-order valence-electron chi connectivity index (χ0n) is 16.4. The molecule has 0 spiro atoms. The molecule has 2 heterocycles. The second-order valence-electron chi connectivity index (χ2n) is 7.20. The molecule has 0 radical (unpaired) electrons. The molecule has 4 rings (SSSR count). The fraction of sp³-hybridized carbons (Fsp3) is 0.381. The van der Waals surface area contributed by atoms with E-state index in [1.165, 1.54) is 11.1 Å². The number of hydrogen-bond acceptors (Lipinski definition) is 6. The monoisotopic (exact) mass is 378 g/mol. The van der Waals surface area contributed by atoms with Crippen molar-refractivity contribution < 1.29 is 4.74 Å². The van der Waals surface area contributed by atoms with Gasteiger partial charge >= 0.3 is 0 Å². The van der Waals surface area contributed by atoms with E-state index in [-0.39, 0.29) is 6.04 Å². The van der Waals surface area contributed by atoms with Crippen LogP contribution in [0.5, 0.6) is 5.75 Å². The Morgan fingerprint density at radius 1 is 0.964 bits per heavy atom. The standard InChI is InChI=1S/C21H26N6O/c1-25-12-14-26(15-13-25)20(18-8-10-19(28-2)11-9-18)21-22-23-24-27(21)16-17-6-4-3-5-7-17/h3-11,20H,12-16H2,1-2H3. The molecule has 0 saturated carbocycles. The normalized spacial score (nSPS) is 16.8. The summed E-state index contributed by atoms with van der Waals surface area (Å²) in [7, 11) is 3.85. The smallest absolute Gasteiger partial charge is 0.173 e. The molecule has 1 aliphatic rings. The number of ether oxygens (including phenoxy) is 1. The van der Waals surface area contributed by atoms with Gasteiger partial charge in [-0.1, -0.05) is 42.5 Å². The molecular weight excluding hydrogens is 352 g/mol. The van der Waals surface area contributed by atoms with Gasteiger partial charge in [0.1, 0.15) is 5.75 Å². The van der Waals surface area contributed by atoms with Crippen molar-refractivity contribution in [2.45, 2.75) is 12.6 Å². The van der Waals surface area contributed by atoms with Crippen molar-refractivity contribution in [1.29, 1.82) is 0 Å². The highest BCUT2D eigenvalue weighted by Crippen LogP contribution is 2.29. The minimum Gasteiger partial charge on any atom is -0.497 e. The number of aromatic nitrogens is 4. The van der Waals surface area contributed by atoms with Crippen molar-refractivity contribution in [2.75, 3.05) is 40.3 Å². The number of tetrazole rings is 1. The Balaban J connectivity index is 1.68. The second-order valence-corrected chi connectivity index (χ2v) is 7.20. The molecule has 2 aromatic carbocycles. The van der Waals surface area contributed by atoms with E-state index >= 15 is 0 Å². The third kappa shape index (κ3) is 4.05. The van der Waals surface area contributed by atoms with Crippen LogP contribution < -0.4 is 4.74 Å². The maximum atomic E-state index is 5.34. The van der Waals surface area contributed by atoms with Crippen LogP contribution in [-0.2, 0) is 6.54 Å². The van der Waals surface area contributed by atoms with Crippen LogP contribution in [0.1, 0.15) is 23.0 Å². The molecule has 7 nitrogen and oxygen atoms in total. The first kappa shape index (κ1) is 18.6. The number of piperazine rings is 1. The Kier molecular flexibility index (Phi) is 5.64. The minimum absolute atomic E-state index is 0.0123. The molecule has 1 aliphatic heterocycles. The van der Waals surface area contributed by atoms with E-state index in [0.29, 0.717) is 6.54 Å². The number of rotatable bonds is 6. The summed E-state index contributed by atoms with van der Waals surface area (Å²) in [5.74, 6) is 1.73. The third-order valence-electron chi connectivity index (χ3n) is 5.31. The summed E-state index contributed by atoms with van der Waals surface area (Å²) < 4.78 is 7.26. The zero-order valence-corrected chi connectivity index (χ0v) is 16.4. The Morgan fingerprint density at radius 2 is 1.68 bits per heavy atom. The Morgan fingerprint density at radius 3 is 2.36 bits per heavy atom. The van der Waals surface area contributed by atoms with Crippen LogP contribution in [0.25, 0.3) is 0 Å². The molecule has 3 aromatic rings. The van der Waals surface area contributed by atoms with E-state index in [4.69, 9.17) is 4.74 Å². The lowest BCUT2D eigenvalue weighted by Crippen LogP contribution is -2.46. The van der Waals surface area contributed by atoms with Gasteiger partial charge < -0.3 is 9.64 Å². The highest BCUT2D eigenvalue weighted by molar-refractivity contribution is 5.32. The predicted molar refractivity (Wildman–Crippen MR) is 107 cm³/mol. The predicted octanol–water partition coefficient (Wildman–Crippen LogP) is 2.07. The molecule has 1 unspecified atom stereocenters. The van der Waals surface area contributed by atoms with Crippen molar-refractivity contribution in [3.8, 4) is 5.75 Å². The van der Waals surface area contributed by atoms with Crippen molar-refractivity contribution in [1.82, 2.24) is 30.0 Å². The number of likely N-dealkylation sites (N-methyl/N-ethyl adjacent to an activating group) is 1. The fourth-order valence-corrected chi connectivity index (χ4v) is 3.67. The van der Waals surface area contributed by atoms with E-state index in [2.05, 4.69) is 56.6 Å². The second kappa shape index (κ2) is 8.50. The summed E-state index contributed by atoms with van der Waals surface area (Å²) in [5.41, 5.74) is 2.36. The summed E-state index contributed by atoms with van der Waals surface area (Å²) in [6, 6.07) is 18.6. The first-order chi connectivity index (χ1) is 13.7. The Labute approximate surface area is 165 Å². The van der Waals surface area contributed by atoms with E-state index in [9.17, 15) is 0 Å². The molecule has 0 bridgehead atoms. The first-order valence-corrected chi connectivity index (χ1v) is 9.61. The lowest BCUT2D eigenvalue weighted by atomic mass is 10.0. The van der Waals surface area contributed by atoms with Crippen LogP contribution in [0.3, 0.4) is 0 Å². The maximum absolute atomic E-state index is 5.34. The summed E-state index contributed by atoms with van der Waals surface area (Å²) in [6.45, 7) is 4.68. The van der Waals surface area contributed by atoms with Gasteiger partial charge in [-0.25, -0.2) is 4.68 Å². The van der Waals surface area contributed by atoms with Gasteiger partial charge in [0.25, 0.3) is 0 Å². The van der Waals surface area contributed by atoms with E-state index in [0.717, 1.165) is 37.8 Å². The fourth-order valence-electron chi connectivity index (χ4n) is 3.67. The van der Waals surface area contributed by atoms with Crippen LogP contribution in [0.15, 0.2) is 54.6 Å². The van der Waals surface area contributed by atoms with Crippen molar-refractivity contribution in [3.05, 3.63) is 71.5 Å². The summed E-state index contributed by atoms with van der Waals surface area (Å²) >= 11 is 0. The SMILES string of the molecule is COc1ccc(C(c2nnnn2Cc2ccccc2)N2CCN(C)CC2)cc1. The van der Waals surface area contributed by atoms with E-state index in [1.54, 1.807) is 7.11 Å². The van der Waals surface area contributed by atoms with Crippen molar-refractivity contribution in [2.24, 2.45) is 0 Å². The molecule has 0 N–H and O–H groups in total. The van der Waals surface area contributed by atoms with Gasteiger partial charge in [0.2, 0.25) is 0 Å². The van der Waals surface area contributed by atoms with Gasteiger partial charge in [0, 0.05) is 26.2 Å². The average molecular weight is 378 g/mol. The lowest BCUT2D eigenvalue weighted by molar-refractivity contribution is 0.121. The van der Waals surface area contributed by atoms with E-state index in [1.807, 2.05) is 35.0 Å². The quantitative estimate of drug-likeness (QED) is 0.654. The van der Waals surface area contributed by atoms with Crippen LogP contribution >= 0.6 is 0 Å². The van der Waals surface area contributed by atoms with Gasteiger partial charge in [-0.2, -0.15) is 0 Å². The number of benzene rings is 2. The Bertz CT molecular complexity index is 871. The number of methoxy groups -OCH3 is 1. The highest BCUT2D eigenvalue weighted by atomic mass is 16.5. The van der Waals surface area contributed by atoms with Crippen LogP contribution in [0.4, 0.5) is 0 Å². The molecule has 146 valence electrons. The molecule has 1 aromatic heterocycles. The van der Waals surface area contributed by atoms with Crippen LogP contribution in [0.2, 0.25) is 0 Å². The van der Waals surface area contributed by atoms with Gasteiger partial charge in [0.15, 0.2) is 5.82 Å². The van der Waals surface area contributed by atoms with Gasteiger partial charge in [0.05, 0.1) is 19.7 Å². The maximum Gasteiger partial charge on any atom is 0.173 e. The summed E-state index contributed by atoms with van der Waals surface area (Å²) in [4.78, 5) is 4.82. The van der Waals surface area contributed by atoms with Gasteiger partial charge in [-0.05, 0) is 40.7 Å². The number of nitrogens with zero attached hydrogens (tertiary/aromatic N) is 6. The molecule has 0 amide bonds. The van der Waals surface area contributed by atoms with Crippen molar-refractivity contribution >= 4 is 0 Å². The van der Waals surface area contributed by atoms with Crippen LogP contribution in [-0.4, -0.2) is 70.3 Å². The lowest BCUT2D eigenvalue weighted by Gasteiger charge is -2.37. The molecule has 7 heteroatoms. The summed E-state index contributed by atoms with van der Waals surface area (Å²) in [5, 5.41) is 12.7. The molecule has 1 fully saturated rings. The van der Waals surface area contributed by atoms with Crippen LogP contribution in [0, 0.1) is 0 Å². The molecule has 28 heavy (non-hydrogen) atoms. The topological polar surface area (TPSA) is 59.3 Å². The van der Waals surface area contributed by atoms with Gasteiger partial charge in [-0.15, -0.1) is 5.10 Å². The molecule has 1 atom stereocenters. The molecule has 0 aliphatic carbocycles. The highest BCUT2D eigenvalue weighted by Gasteiger charge is 2.30. The summed E-state index contributed by atoms with van der Waals surface area (Å²) in [6.07, 6.45) is 0. The molecular formula is C21H26N6O. The number of hydrogen-bond donors (Lipinski definition) is 0. The largest absolute Gasteiger partial charge is 0.497 e. The van der Waals surface area contributed by atoms with Crippen molar-refractivity contribution in [3.63, 3.8) is 0 Å². The first-order valence-electron chi connectivity index (χ1n) is 9.61. The average Bonchev–Trinajstić information content (AvgIpc) is 3.18. The van der Waals surface area contributed by atoms with Gasteiger partial charge in [-0.3, -0.25) is 4.90 Å².